The highest BCUT2D eigenvalue weighted by molar-refractivity contribution is 6.43. The summed E-state index contributed by atoms with van der Waals surface area (Å²) in [5.74, 6) is -3.00. The molecular formula is C30H25Cl2F4N5O5. The van der Waals surface area contributed by atoms with Gasteiger partial charge in [0.25, 0.3) is 5.91 Å². The van der Waals surface area contributed by atoms with E-state index in [0.29, 0.717) is 10.9 Å². The molecule has 242 valence electrons. The van der Waals surface area contributed by atoms with Crippen LogP contribution in [0, 0.1) is 5.82 Å². The van der Waals surface area contributed by atoms with Crippen molar-refractivity contribution in [2.24, 2.45) is 5.73 Å². The summed E-state index contributed by atoms with van der Waals surface area (Å²) in [5, 5.41) is 17.9. The number of methoxy groups -OCH3 is 1. The summed E-state index contributed by atoms with van der Waals surface area (Å²) < 4.78 is 72.3. The maximum Gasteiger partial charge on any atom is 0.424 e. The molecule has 1 unspecified atom stereocenters. The fourth-order valence-corrected chi connectivity index (χ4v) is 5.69. The number of fused-ring (bicyclic) bond motifs is 2. The lowest BCUT2D eigenvalue weighted by molar-refractivity contribution is -0.265. The zero-order valence-electron chi connectivity index (χ0n) is 24.1. The van der Waals surface area contributed by atoms with Gasteiger partial charge in [-0.25, -0.2) is 9.37 Å². The highest BCUT2D eigenvalue weighted by Crippen LogP contribution is 2.50. The minimum atomic E-state index is -5.45. The summed E-state index contributed by atoms with van der Waals surface area (Å²) in [6.45, 7) is -0.533. The van der Waals surface area contributed by atoms with Gasteiger partial charge >= 0.3 is 6.18 Å². The van der Waals surface area contributed by atoms with Crippen molar-refractivity contribution >= 4 is 45.9 Å². The van der Waals surface area contributed by atoms with Gasteiger partial charge in [0.05, 0.1) is 41.0 Å². The van der Waals surface area contributed by atoms with Crippen LogP contribution in [0.25, 0.3) is 22.2 Å². The SMILES string of the molecule is COc1cc(C(=O)NCC(O)(c2cc3c(c(-c4c(F)ccc(Cl)c4Cl)n2)OC[C@]3(C)C(N)=O)C(F)(F)F)cc2cn(C3CC3)nc12. The highest BCUT2D eigenvalue weighted by atomic mass is 35.5. The number of pyridine rings is 1. The van der Waals surface area contributed by atoms with Gasteiger partial charge in [0.2, 0.25) is 11.5 Å². The molecule has 1 saturated carbocycles. The summed E-state index contributed by atoms with van der Waals surface area (Å²) >= 11 is 12.4. The molecule has 1 fully saturated rings. The van der Waals surface area contributed by atoms with E-state index in [1.807, 2.05) is 0 Å². The van der Waals surface area contributed by atoms with Gasteiger partial charge in [-0.3, -0.25) is 14.3 Å². The third kappa shape index (κ3) is 5.08. The van der Waals surface area contributed by atoms with E-state index in [9.17, 15) is 27.9 Å². The topological polar surface area (TPSA) is 142 Å². The van der Waals surface area contributed by atoms with E-state index >= 15 is 4.39 Å². The minimum absolute atomic E-state index is 0.0608. The van der Waals surface area contributed by atoms with Crippen LogP contribution in [0.5, 0.6) is 11.5 Å². The van der Waals surface area contributed by atoms with Crippen molar-refractivity contribution in [3.05, 3.63) is 69.2 Å². The zero-order chi connectivity index (χ0) is 33.3. The van der Waals surface area contributed by atoms with E-state index in [-0.39, 0.29) is 33.7 Å². The third-order valence-electron chi connectivity index (χ3n) is 8.29. The molecule has 0 bridgehead atoms. The Labute approximate surface area is 268 Å². The number of alkyl halides is 3. The maximum atomic E-state index is 15.2. The second kappa shape index (κ2) is 11.0. The van der Waals surface area contributed by atoms with E-state index in [1.54, 1.807) is 10.9 Å². The fraction of sp³-hybridized carbons (Fsp3) is 0.333. The molecule has 4 aromatic rings. The quantitative estimate of drug-likeness (QED) is 0.171. The molecule has 0 saturated heterocycles. The van der Waals surface area contributed by atoms with E-state index < -0.39 is 69.9 Å². The number of amides is 2. The highest BCUT2D eigenvalue weighted by Gasteiger charge is 2.58. The van der Waals surface area contributed by atoms with Gasteiger partial charge in [0.1, 0.15) is 40.5 Å². The van der Waals surface area contributed by atoms with Gasteiger partial charge < -0.3 is 25.6 Å². The molecule has 0 spiro atoms. The average Bonchev–Trinajstić information content (AvgIpc) is 3.67. The first-order valence-electron chi connectivity index (χ1n) is 13.9. The molecule has 2 amide bonds. The minimum Gasteiger partial charge on any atom is -0.494 e. The summed E-state index contributed by atoms with van der Waals surface area (Å²) in [6.07, 6.45) is -1.85. The van der Waals surface area contributed by atoms with Gasteiger partial charge in [-0.05, 0) is 50.1 Å². The van der Waals surface area contributed by atoms with Gasteiger partial charge in [0.15, 0.2) is 0 Å². The molecule has 2 aliphatic rings. The van der Waals surface area contributed by atoms with Crippen LogP contribution in [0.1, 0.15) is 47.4 Å². The molecule has 6 rings (SSSR count). The second-order valence-corrected chi connectivity index (χ2v) is 12.2. The van der Waals surface area contributed by atoms with E-state index in [4.69, 9.17) is 38.4 Å². The van der Waals surface area contributed by atoms with Crippen LogP contribution >= 0.6 is 23.2 Å². The van der Waals surface area contributed by atoms with Gasteiger partial charge in [-0.1, -0.05) is 23.2 Å². The Hall–Kier alpha value is -4.14. The Morgan fingerprint density at radius 2 is 1.96 bits per heavy atom. The number of rotatable bonds is 8. The lowest BCUT2D eigenvalue weighted by Crippen LogP contribution is -2.51. The molecule has 10 nitrogen and oxygen atoms in total. The van der Waals surface area contributed by atoms with Crippen molar-refractivity contribution in [1.29, 1.82) is 0 Å². The number of carbonyl (C=O) groups is 2. The van der Waals surface area contributed by atoms with E-state index in [1.165, 1.54) is 26.2 Å². The first-order valence-corrected chi connectivity index (χ1v) is 14.6. The van der Waals surface area contributed by atoms with Gasteiger partial charge in [-0.2, -0.15) is 18.3 Å². The Bertz CT molecular complexity index is 1930. The predicted octanol–water partition coefficient (Wildman–Crippen LogP) is 5.20. The number of benzene rings is 2. The predicted molar refractivity (Wildman–Crippen MR) is 159 cm³/mol. The number of halogens is 6. The lowest BCUT2D eigenvalue weighted by atomic mass is 9.81. The smallest absolute Gasteiger partial charge is 0.424 e. The average molecular weight is 682 g/mol. The number of aliphatic hydroxyl groups is 1. The molecule has 3 heterocycles. The first-order chi connectivity index (χ1) is 21.6. The number of primary amides is 1. The molecule has 46 heavy (non-hydrogen) atoms. The lowest BCUT2D eigenvalue weighted by Gasteiger charge is -2.31. The number of nitrogens with zero attached hydrogens (tertiary/aromatic N) is 3. The molecule has 16 heteroatoms. The van der Waals surface area contributed by atoms with E-state index in [2.05, 4.69) is 15.4 Å². The Balaban J connectivity index is 1.44. The number of hydrogen-bond donors (Lipinski definition) is 3. The summed E-state index contributed by atoms with van der Waals surface area (Å²) in [5.41, 5.74) is -1.92. The van der Waals surface area contributed by atoms with Crippen molar-refractivity contribution in [2.75, 3.05) is 20.3 Å². The van der Waals surface area contributed by atoms with Crippen LogP contribution in [-0.2, 0) is 15.8 Å². The molecule has 4 N–H and O–H groups in total. The van der Waals surface area contributed by atoms with Crippen LogP contribution in [0.15, 0.2) is 36.5 Å². The van der Waals surface area contributed by atoms with Crippen molar-refractivity contribution in [3.63, 3.8) is 0 Å². The molecule has 2 aromatic heterocycles. The molecular weight excluding hydrogens is 657 g/mol. The Kier molecular flexibility index (Phi) is 7.60. The van der Waals surface area contributed by atoms with Crippen molar-refractivity contribution < 1.29 is 41.7 Å². The molecule has 1 aliphatic heterocycles. The molecule has 0 radical (unpaired) electrons. The summed E-state index contributed by atoms with van der Waals surface area (Å²) in [7, 11) is 1.37. The molecule has 2 aromatic carbocycles. The van der Waals surface area contributed by atoms with Crippen LogP contribution in [0.4, 0.5) is 17.6 Å². The Morgan fingerprint density at radius 1 is 1.24 bits per heavy atom. The van der Waals surface area contributed by atoms with Crippen LogP contribution < -0.4 is 20.5 Å². The largest absolute Gasteiger partial charge is 0.494 e. The zero-order valence-corrected chi connectivity index (χ0v) is 25.6. The number of hydrogen-bond acceptors (Lipinski definition) is 7. The normalized spacial score (nSPS) is 19.0. The van der Waals surface area contributed by atoms with Crippen molar-refractivity contribution in [3.8, 4) is 22.8 Å². The van der Waals surface area contributed by atoms with Gasteiger partial charge in [0, 0.05) is 22.7 Å². The standard InChI is InChI=1S/C30H25Cl2F4N5O5/c1-28(27(37)43)12-46-25-16(28)9-20(39-24(25)21-18(33)6-5-17(31)22(21)32)29(44,30(34,35)36)11-38-26(42)13-7-14-10-41(15-3-4-15)40-23(14)19(8-13)45-2/h5-10,15,44H,3-4,11-12H2,1-2H3,(H2,37,43)(H,38,42)/t28-,29?/m0/s1. The van der Waals surface area contributed by atoms with Crippen molar-refractivity contribution in [1.82, 2.24) is 20.1 Å². The van der Waals surface area contributed by atoms with Crippen LogP contribution in [0.3, 0.4) is 0 Å². The Morgan fingerprint density at radius 3 is 2.59 bits per heavy atom. The van der Waals surface area contributed by atoms with E-state index in [0.717, 1.165) is 31.0 Å². The van der Waals surface area contributed by atoms with Crippen LogP contribution in [-0.4, -0.2) is 58.1 Å². The van der Waals surface area contributed by atoms with Gasteiger partial charge in [-0.15, -0.1) is 0 Å². The molecule has 1 aliphatic carbocycles. The summed E-state index contributed by atoms with van der Waals surface area (Å²) in [6, 6.07) is 5.83. The monoisotopic (exact) mass is 681 g/mol. The summed E-state index contributed by atoms with van der Waals surface area (Å²) in [4.78, 5) is 29.7. The number of nitrogens with two attached hydrogens (primary N) is 1. The molecule has 2 atom stereocenters. The van der Waals surface area contributed by atoms with Crippen molar-refractivity contribution in [2.45, 2.75) is 43.0 Å². The number of nitrogens with one attached hydrogen (secondary N) is 1. The fourth-order valence-electron chi connectivity index (χ4n) is 5.29. The van der Waals surface area contributed by atoms with Crippen LogP contribution in [0.2, 0.25) is 10.0 Å². The number of carbonyl (C=O) groups excluding carboxylic acids is 2. The first kappa shape index (κ1) is 31.8. The maximum absolute atomic E-state index is 15.2. The number of ether oxygens (including phenoxy) is 2. The second-order valence-electron chi connectivity index (χ2n) is 11.4. The number of aromatic nitrogens is 3. The third-order valence-corrected chi connectivity index (χ3v) is 9.09.